The smallest absolute Gasteiger partial charge is 0.309 e. The first-order valence-corrected chi connectivity index (χ1v) is 14.1. The molecule has 5 aliphatic carbocycles. The Balaban J connectivity index is 1.67. The zero-order chi connectivity index (χ0) is 26.7. The number of aliphatic carboxylic acids is 1. The van der Waals surface area contributed by atoms with Crippen LogP contribution in [-0.4, -0.2) is 28.1 Å². The molecule has 198 valence electrons. The Morgan fingerprint density at radius 2 is 1.64 bits per heavy atom. The molecule has 5 rings (SSSR count). The van der Waals surface area contributed by atoms with Gasteiger partial charge in [0, 0.05) is 5.92 Å². The second-order valence-corrected chi connectivity index (χ2v) is 15.3. The summed E-state index contributed by atoms with van der Waals surface area (Å²) in [5, 5.41) is 31.6. The number of ketones is 1. The lowest BCUT2D eigenvalue weighted by atomic mass is 9.33. The van der Waals surface area contributed by atoms with E-state index in [0.29, 0.717) is 19.3 Å². The van der Waals surface area contributed by atoms with Crippen molar-refractivity contribution in [1.82, 2.24) is 0 Å². The molecular weight excluding hydrogens is 450 g/mol. The highest BCUT2D eigenvalue weighted by Gasteiger charge is 2.71. The van der Waals surface area contributed by atoms with Crippen LogP contribution in [0.4, 0.5) is 0 Å². The number of fused-ring (bicyclic) bond motifs is 7. The first-order chi connectivity index (χ1) is 16.5. The van der Waals surface area contributed by atoms with Crippen molar-refractivity contribution in [3.63, 3.8) is 0 Å². The fourth-order valence-corrected chi connectivity index (χ4v) is 10.7. The number of aliphatic hydroxyl groups excluding tert-OH is 1. The van der Waals surface area contributed by atoms with E-state index in [4.69, 9.17) is 0 Å². The van der Waals surface area contributed by atoms with Crippen molar-refractivity contribution in [1.29, 1.82) is 5.26 Å². The van der Waals surface area contributed by atoms with Gasteiger partial charge >= 0.3 is 5.97 Å². The predicted octanol–water partition coefficient (Wildman–Crippen LogP) is 6.16. The number of carboxylic acid groups (broad SMARTS) is 1. The molecule has 0 amide bonds. The summed E-state index contributed by atoms with van der Waals surface area (Å²) in [5.74, 6) is -1.32. The van der Waals surface area contributed by atoms with Gasteiger partial charge in [-0.25, -0.2) is 0 Å². The first-order valence-electron chi connectivity index (χ1n) is 14.1. The molecule has 4 saturated carbocycles. The van der Waals surface area contributed by atoms with Crippen LogP contribution in [0.5, 0.6) is 0 Å². The number of hydrogen-bond donors (Lipinski definition) is 2. The van der Waals surface area contributed by atoms with E-state index in [-0.39, 0.29) is 45.2 Å². The van der Waals surface area contributed by atoms with Gasteiger partial charge in [0.2, 0.25) is 0 Å². The molecule has 5 heteroatoms. The minimum atomic E-state index is -0.805. The minimum absolute atomic E-state index is 0.0280. The zero-order valence-electron chi connectivity index (χ0n) is 23.3. The van der Waals surface area contributed by atoms with Crippen LogP contribution in [0, 0.1) is 67.5 Å². The number of carbonyl (C=O) groups excluding carboxylic acids is 1. The standard InChI is InChI=1S/C31H45NO4/c1-26(2)10-12-31(25(35)36)13-11-30(7)23(19(31)16-26)20(33)14-22-28(5)15-18(17-32)24(34)27(3,4)21(28)8-9-29(22,30)6/h14,18-19,21,23-24,34H,8-13,15-16H2,1-7H3,(H,35,36)/t18?,19-,21-,23-,24-,28-,29+,30+,31-/m0/s1. The second-order valence-electron chi connectivity index (χ2n) is 15.3. The molecular formula is C31H45NO4. The number of rotatable bonds is 1. The maximum atomic E-state index is 14.3. The van der Waals surface area contributed by atoms with E-state index in [1.165, 1.54) is 5.57 Å². The van der Waals surface area contributed by atoms with E-state index in [2.05, 4.69) is 54.5 Å². The maximum absolute atomic E-state index is 14.3. The quantitative estimate of drug-likeness (QED) is 0.454. The summed E-state index contributed by atoms with van der Waals surface area (Å²) < 4.78 is 0. The van der Waals surface area contributed by atoms with Crippen molar-refractivity contribution in [3.05, 3.63) is 11.6 Å². The Kier molecular flexibility index (Phi) is 5.38. The second kappa shape index (κ2) is 7.46. The first kappa shape index (κ1) is 26.0. The number of carbonyl (C=O) groups is 2. The van der Waals surface area contributed by atoms with Gasteiger partial charge in [-0.15, -0.1) is 0 Å². The lowest BCUT2D eigenvalue weighted by Gasteiger charge is -2.70. The number of carboxylic acids is 1. The van der Waals surface area contributed by atoms with E-state index < -0.39 is 28.8 Å². The van der Waals surface area contributed by atoms with Crippen LogP contribution >= 0.6 is 0 Å². The summed E-state index contributed by atoms with van der Waals surface area (Å²) in [7, 11) is 0. The summed E-state index contributed by atoms with van der Waals surface area (Å²) in [6.45, 7) is 15.5. The summed E-state index contributed by atoms with van der Waals surface area (Å²) in [4.78, 5) is 27.1. The Morgan fingerprint density at radius 3 is 2.25 bits per heavy atom. The summed E-state index contributed by atoms with van der Waals surface area (Å²) in [6, 6.07) is 2.39. The highest BCUT2D eigenvalue weighted by molar-refractivity contribution is 5.96. The van der Waals surface area contributed by atoms with Gasteiger partial charge in [0.1, 0.15) is 0 Å². The van der Waals surface area contributed by atoms with Crippen LogP contribution in [0.2, 0.25) is 0 Å². The predicted molar refractivity (Wildman–Crippen MR) is 138 cm³/mol. The van der Waals surface area contributed by atoms with Gasteiger partial charge in [-0.2, -0.15) is 5.26 Å². The molecule has 0 aromatic heterocycles. The molecule has 0 aromatic rings. The molecule has 0 bridgehead atoms. The normalized spacial score (nSPS) is 50.9. The van der Waals surface area contributed by atoms with E-state index in [1.54, 1.807) is 0 Å². The molecule has 0 aromatic carbocycles. The van der Waals surface area contributed by atoms with Gasteiger partial charge in [0.05, 0.1) is 23.5 Å². The molecule has 0 radical (unpaired) electrons. The van der Waals surface area contributed by atoms with Crippen molar-refractivity contribution in [2.24, 2.45) is 56.2 Å². The minimum Gasteiger partial charge on any atom is -0.481 e. The number of allylic oxidation sites excluding steroid dienone is 2. The number of nitriles is 1. The highest BCUT2D eigenvalue weighted by atomic mass is 16.4. The van der Waals surface area contributed by atoms with Crippen molar-refractivity contribution in [2.45, 2.75) is 106 Å². The number of hydrogen-bond acceptors (Lipinski definition) is 4. The van der Waals surface area contributed by atoms with Gasteiger partial charge in [-0.1, -0.05) is 54.0 Å². The molecule has 5 nitrogen and oxygen atoms in total. The summed E-state index contributed by atoms with van der Waals surface area (Å²) >= 11 is 0. The van der Waals surface area contributed by atoms with Gasteiger partial charge < -0.3 is 10.2 Å². The highest BCUT2D eigenvalue weighted by Crippen LogP contribution is 2.75. The van der Waals surface area contributed by atoms with Gasteiger partial charge in [-0.05, 0) is 96.4 Å². The lowest BCUT2D eigenvalue weighted by molar-refractivity contribution is -0.195. The number of nitrogens with zero attached hydrogens (tertiary/aromatic N) is 1. The van der Waals surface area contributed by atoms with E-state index >= 15 is 0 Å². The molecule has 5 aliphatic rings. The molecule has 36 heavy (non-hydrogen) atoms. The van der Waals surface area contributed by atoms with Crippen molar-refractivity contribution < 1.29 is 19.8 Å². The van der Waals surface area contributed by atoms with E-state index in [9.17, 15) is 25.1 Å². The van der Waals surface area contributed by atoms with Crippen LogP contribution < -0.4 is 0 Å². The zero-order valence-corrected chi connectivity index (χ0v) is 23.3. The molecule has 0 aliphatic heterocycles. The summed E-state index contributed by atoms with van der Waals surface area (Å²) in [6.07, 6.45) is 7.40. The third-order valence-electron chi connectivity index (χ3n) is 13.0. The monoisotopic (exact) mass is 495 g/mol. The average molecular weight is 496 g/mol. The van der Waals surface area contributed by atoms with Crippen LogP contribution in [0.25, 0.3) is 0 Å². The third kappa shape index (κ3) is 2.97. The maximum Gasteiger partial charge on any atom is 0.309 e. The Labute approximate surface area is 216 Å². The topological polar surface area (TPSA) is 98.4 Å². The molecule has 0 saturated heterocycles. The van der Waals surface area contributed by atoms with Crippen LogP contribution in [0.15, 0.2) is 11.6 Å². The molecule has 2 N–H and O–H groups in total. The summed E-state index contributed by atoms with van der Waals surface area (Å²) in [5.41, 5.74) is -0.917. The largest absolute Gasteiger partial charge is 0.481 e. The van der Waals surface area contributed by atoms with Crippen molar-refractivity contribution in [3.8, 4) is 6.07 Å². The van der Waals surface area contributed by atoms with E-state index in [0.717, 1.165) is 32.1 Å². The molecule has 0 heterocycles. The van der Waals surface area contributed by atoms with E-state index in [1.807, 2.05) is 6.08 Å². The molecule has 1 unspecified atom stereocenters. The van der Waals surface area contributed by atoms with Crippen molar-refractivity contribution >= 4 is 11.8 Å². The van der Waals surface area contributed by atoms with Gasteiger partial charge in [0.15, 0.2) is 5.78 Å². The van der Waals surface area contributed by atoms with Crippen LogP contribution in [-0.2, 0) is 9.59 Å². The third-order valence-corrected chi connectivity index (χ3v) is 13.0. The fourth-order valence-electron chi connectivity index (χ4n) is 10.7. The van der Waals surface area contributed by atoms with Gasteiger partial charge in [-0.3, -0.25) is 9.59 Å². The van der Waals surface area contributed by atoms with Crippen molar-refractivity contribution in [2.75, 3.05) is 0 Å². The Bertz CT molecular complexity index is 1080. The van der Waals surface area contributed by atoms with Crippen LogP contribution in [0.3, 0.4) is 0 Å². The van der Waals surface area contributed by atoms with Crippen LogP contribution in [0.1, 0.15) is 99.8 Å². The van der Waals surface area contributed by atoms with Gasteiger partial charge in [0.25, 0.3) is 0 Å². The fraction of sp³-hybridized carbons (Fsp3) is 0.839. The lowest BCUT2D eigenvalue weighted by Crippen LogP contribution is -2.66. The Hall–Kier alpha value is -1.67. The Morgan fingerprint density at radius 1 is 1.00 bits per heavy atom. The average Bonchev–Trinajstić information content (AvgIpc) is 2.77. The number of aliphatic hydroxyl groups is 1. The molecule has 4 fully saturated rings. The molecule has 0 spiro atoms. The molecule has 9 atom stereocenters. The SMILES string of the molecule is CC1(C)CC[C@]2(C(=O)O)CC[C@]3(C)[C@H](C(=O)C=C4[C@@]5(C)CC(C#N)[C@H](O)C(C)(C)[C@@H]5CC[C@]43C)[C@@H]2C1.